The van der Waals surface area contributed by atoms with Crippen molar-refractivity contribution in [1.29, 1.82) is 0 Å². The number of carbonyl (C=O) groups is 1. The second kappa shape index (κ2) is 5.82. The van der Waals surface area contributed by atoms with Crippen molar-refractivity contribution in [3.63, 3.8) is 0 Å². The summed E-state index contributed by atoms with van der Waals surface area (Å²) in [5.74, 6) is 6.87. The molecule has 4 unspecified atom stereocenters. The first-order valence-corrected chi connectivity index (χ1v) is 6.20. The molecule has 0 saturated carbocycles. The predicted molar refractivity (Wildman–Crippen MR) is 72.2 cm³/mol. The SMILES string of the molecule is C#CC#CC=C=CC1OC1C(O)(C=C)C1CCC(=O)O1. The molecule has 0 radical (unpaired) electrons. The van der Waals surface area contributed by atoms with Gasteiger partial charge < -0.3 is 14.6 Å². The van der Waals surface area contributed by atoms with E-state index in [9.17, 15) is 9.90 Å². The summed E-state index contributed by atoms with van der Waals surface area (Å²) in [5, 5.41) is 10.6. The summed E-state index contributed by atoms with van der Waals surface area (Å²) < 4.78 is 10.5. The molecule has 4 atom stereocenters. The minimum absolute atomic E-state index is 0.301. The van der Waals surface area contributed by atoms with E-state index >= 15 is 0 Å². The molecule has 0 bridgehead atoms. The van der Waals surface area contributed by atoms with Crippen LogP contribution in [0, 0.1) is 24.2 Å². The van der Waals surface area contributed by atoms with Gasteiger partial charge in [0.2, 0.25) is 0 Å². The number of terminal acetylenes is 1. The molecule has 102 valence electrons. The summed E-state index contributed by atoms with van der Waals surface area (Å²) in [6.07, 6.45) is 8.81. The van der Waals surface area contributed by atoms with Crippen LogP contribution in [0.1, 0.15) is 12.8 Å². The Morgan fingerprint density at radius 3 is 2.95 bits per heavy atom. The van der Waals surface area contributed by atoms with Crippen LogP contribution in [0.4, 0.5) is 0 Å². The first-order valence-electron chi connectivity index (χ1n) is 6.20. The van der Waals surface area contributed by atoms with Crippen LogP contribution >= 0.6 is 0 Å². The number of esters is 1. The first-order chi connectivity index (χ1) is 9.61. The number of epoxide rings is 1. The maximum Gasteiger partial charge on any atom is 0.306 e. The molecule has 4 heteroatoms. The standard InChI is InChI=1S/C16H14O4/c1-3-5-6-7-8-9-12-15(19-12)16(18,4-2)13-10-11-14(17)20-13/h1,4,7,9,12-13,15,18H,2,10-11H2. The van der Waals surface area contributed by atoms with Crippen molar-refractivity contribution in [3.05, 3.63) is 30.5 Å². The van der Waals surface area contributed by atoms with E-state index in [1.165, 1.54) is 12.2 Å². The molecule has 0 aliphatic carbocycles. The fourth-order valence-electron chi connectivity index (χ4n) is 2.17. The largest absolute Gasteiger partial charge is 0.459 e. The molecule has 0 spiro atoms. The molecule has 0 amide bonds. The monoisotopic (exact) mass is 270 g/mol. The van der Waals surface area contributed by atoms with Gasteiger partial charge in [0.1, 0.15) is 23.9 Å². The van der Waals surface area contributed by atoms with Crippen molar-refractivity contribution in [3.8, 4) is 24.2 Å². The summed E-state index contributed by atoms with van der Waals surface area (Å²) in [6.45, 7) is 3.61. The Labute approximate surface area is 117 Å². The maximum absolute atomic E-state index is 11.1. The third-order valence-electron chi connectivity index (χ3n) is 3.27. The third-order valence-corrected chi connectivity index (χ3v) is 3.27. The highest BCUT2D eigenvalue weighted by molar-refractivity contribution is 5.71. The van der Waals surface area contributed by atoms with Gasteiger partial charge in [0.15, 0.2) is 0 Å². The van der Waals surface area contributed by atoms with E-state index in [1.54, 1.807) is 6.08 Å². The van der Waals surface area contributed by atoms with Crippen LogP contribution < -0.4 is 0 Å². The zero-order valence-electron chi connectivity index (χ0n) is 10.8. The molecule has 0 aromatic rings. The molecule has 0 aromatic carbocycles. The minimum atomic E-state index is -1.38. The van der Waals surface area contributed by atoms with Gasteiger partial charge in [0.25, 0.3) is 0 Å². The van der Waals surface area contributed by atoms with Crippen molar-refractivity contribution in [1.82, 2.24) is 0 Å². The Kier molecular flexibility index (Phi) is 4.13. The summed E-state index contributed by atoms with van der Waals surface area (Å²) in [4.78, 5) is 11.1. The number of hydrogen-bond acceptors (Lipinski definition) is 4. The Morgan fingerprint density at radius 2 is 2.35 bits per heavy atom. The molecule has 2 heterocycles. The van der Waals surface area contributed by atoms with Crippen LogP contribution in [-0.4, -0.2) is 35.0 Å². The number of aliphatic hydroxyl groups is 1. The Morgan fingerprint density at radius 1 is 1.55 bits per heavy atom. The molecular weight excluding hydrogens is 256 g/mol. The fraction of sp³-hybridized carbons (Fsp3) is 0.375. The van der Waals surface area contributed by atoms with Crippen molar-refractivity contribution >= 4 is 5.97 Å². The fourth-order valence-corrected chi connectivity index (χ4v) is 2.17. The first kappa shape index (κ1) is 14.2. The Hall–Kier alpha value is -2.23. The zero-order valence-corrected chi connectivity index (χ0v) is 10.8. The van der Waals surface area contributed by atoms with E-state index in [1.807, 2.05) is 0 Å². The van der Waals surface area contributed by atoms with Gasteiger partial charge in [0.05, 0.1) is 0 Å². The zero-order chi connectivity index (χ0) is 14.6. The van der Waals surface area contributed by atoms with Crippen LogP contribution in [0.3, 0.4) is 0 Å². The van der Waals surface area contributed by atoms with Crippen molar-refractivity contribution < 1.29 is 19.4 Å². The van der Waals surface area contributed by atoms with Gasteiger partial charge >= 0.3 is 5.97 Å². The number of hydrogen-bond donors (Lipinski definition) is 1. The van der Waals surface area contributed by atoms with Gasteiger partial charge in [-0.15, -0.1) is 12.2 Å². The minimum Gasteiger partial charge on any atom is -0.459 e. The van der Waals surface area contributed by atoms with E-state index in [2.05, 4.69) is 30.1 Å². The van der Waals surface area contributed by atoms with Gasteiger partial charge in [-0.1, -0.05) is 18.6 Å². The highest BCUT2D eigenvalue weighted by Crippen LogP contribution is 2.40. The molecule has 2 fully saturated rings. The lowest BCUT2D eigenvalue weighted by Gasteiger charge is -2.27. The molecule has 0 aromatic heterocycles. The van der Waals surface area contributed by atoms with E-state index in [-0.39, 0.29) is 12.1 Å². The van der Waals surface area contributed by atoms with Gasteiger partial charge in [0, 0.05) is 12.5 Å². The Balaban J connectivity index is 2.01. The average molecular weight is 270 g/mol. The summed E-state index contributed by atoms with van der Waals surface area (Å²) in [5.41, 5.74) is 1.43. The molecule has 20 heavy (non-hydrogen) atoms. The number of rotatable bonds is 4. The topological polar surface area (TPSA) is 59.1 Å². The van der Waals surface area contributed by atoms with Crippen LogP contribution in [0.2, 0.25) is 0 Å². The average Bonchev–Trinajstić information content (AvgIpc) is 3.10. The highest BCUT2D eigenvalue weighted by atomic mass is 16.6. The Bertz CT molecular complexity index is 580. The molecule has 2 aliphatic heterocycles. The normalized spacial score (nSPS) is 29.6. The lowest BCUT2D eigenvalue weighted by atomic mass is 9.89. The summed E-state index contributed by atoms with van der Waals surface area (Å²) in [7, 11) is 0. The molecule has 2 rings (SSSR count). The van der Waals surface area contributed by atoms with E-state index in [0.717, 1.165) is 0 Å². The van der Waals surface area contributed by atoms with Gasteiger partial charge in [-0.25, -0.2) is 0 Å². The second-order valence-electron chi connectivity index (χ2n) is 4.52. The second-order valence-corrected chi connectivity index (χ2v) is 4.52. The molecule has 4 nitrogen and oxygen atoms in total. The maximum atomic E-state index is 11.1. The molecule has 2 saturated heterocycles. The summed E-state index contributed by atoms with van der Waals surface area (Å²) >= 11 is 0. The molecule has 2 aliphatic rings. The number of cyclic esters (lactones) is 1. The highest BCUT2D eigenvalue weighted by Gasteiger charge is 2.57. The lowest BCUT2D eigenvalue weighted by molar-refractivity contribution is -0.150. The van der Waals surface area contributed by atoms with Crippen LogP contribution in [-0.2, 0) is 14.3 Å². The van der Waals surface area contributed by atoms with Crippen molar-refractivity contribution in [2.75, 3.05) is 0 Å². The molecular formula is C16H14O4. The number of ether oxygens (including phenoxy) is 2. The smallest absolute Gasteiger partial charge is 0.306 e. The third kappa shape index (κ3) is 2.85. The van der Waals surface area contributed by atoms with E-state index in [4.69, 9.17) is 15.9 Å². The van der Waals surface area contributed by atoms with Gasteiger partial charge in [-0.3, -0.25) is 4.79 Å². The van der Waals surface area contributed by atoms with E-state index < -0.39 is 17.8 Å². The molecule has 1 N–H and O–H groups in total. The van der Waals surface area contributed by atoms with Crippen LogP contribution in [0.15, 0.2) is 30.5 Å². The van der Waals surface area contributed by atoms with Crippen LogP contribution in [0.5, 0.6) is 0 Å². The van der Waals surface area contributed by atoms with Gasteiger partial charge in [-0.2, -0.15) is 0 Å². The van der Waals surface area contributed by atoms with Crippen molar-refractivity contribution in [2.24, 2.45) is 0 Å². The van der Waals surface area contributed by atoms with Gasteiger partial charge in [-0.05, 0) is 24.3 Å². The van der Waals surface area contributed by atoms with E-state index in [0.29, 0.717) is 12.8 Å². The summed E-state index contributed by atoms with van der Waals surface area (Å²) in [6, 6.07) is 0. The quantitative estimate of drug-likeness (QED) is 0.269. The number of carbonyl (C=O) groups excluding carboxylic acids is 1. The lowest BCUT2D eigenvalue weighted by Crippen LogP contribution is -2.46. The van der Waals surface area contributed by atoms with Crippen LogP contribution in [0.25, 0.3) is 0 Å². The predicted octanol–water partition coefficient (Wildman–Crippen LogP) is 0.724. The van der Waals surface area contributed by atoms with Crippen molar-refractivity contribution in [2.45, 2.75) is 36.8 Å².